The molecule has 1 aromatic rings. The van der Waals surface area contributed by atoms with Crippen LogP contribution < -0.4 is 16.4 Å². The number of hydrogen-bond acceptors (Lipinski definition) is 3. The van der Waals surface area contributed by atoms with Crippen LogP contribution in [0.15, 0.2) is 18.2 Å². The molecule has 7 heteroatoms. The molecule has 0 saturated heterocycles. The van der Waals surface area contributed by atoms with Crippen LogP contribution in [0.2, 0.25) is 0 Å². The van der Waals surface area contributed by atoms with Gasteiger partial charge < -0.3 is 16.4 Å². The van der Waals surface area contributed by atoms with Crippen LogP contribution in [0.1, 0.15) is 17.3 Å². The van der Waals surface area contributed by atoms with E-state index in [1.165, 1.54) is 12.1 Å². The van der Waals surface area contributed by atoms with Crippen LogP contribution in [-0.2, 0) is 4.79 Å². The number of carbonyl (C=O) groups is 2. The van der Waals surface area contributed by atoms with E-state index in [2.05, 4.69) is 10.6 Å². The fourth-order valence-corrected chi connectivity index (χ4v) is 1.43. The monoisotopic (exact) mass is 289 g/mol. The van der Waals surface area contributed by atoms with E-state index in [1.54, 1.807) is 14.0 Å². The minimum Gasteiger partial charge on any atom is -0.366 e. The van der Waals surface area contributed by atoms with Crippen LogP contribution >= 0.6 is 12.4 Å². The number of rotatable bonds is 5. The standard InChI is InChI=1S/C12H16FN3O2.ClH/c1-7(6-15-2)12(18)16-10-5-8(11(14)17)3-4-9(10)13;/h3-5,7,15H,6H2,1-2H3,(H2,14,17)(H,16,18);1H. The van der Waals surface area contributed by atoms with E-state index < -0.39 is 11.7 Å². The van der Waals surface area contributed by atoms with Gasteiger partial charge in [0.05, 0.1) is 5.69 Å². The van der Waals surface area contributed by atoms with Gasteiger partial charge in [-0.15, -0.1) is 12.4 Å². The van der Waals surface area contributed by atoms with E-state index in [0.29, 0.717) is 6.54 Å². The molecule has 19 heavy (non-hydrogen) atoms. The highest BCUT2D eigenvalue weighted by Crippen LogP contribution is 2.16. The molecular weight excluding hydrogens is 273 g/mol. The van der Waals surface area contributed by atoms with Gasteiger partial charge in [-0.25, -0.2) is 4.39 Å². The van der Waals surface area contributed by atoms with Crippen molar-refractivity contribution >= 4 is 29.9 Å². The molecule has 2 amide bonds. The molecule has 0 radical (unpaired) electrons. The van der Waals surface area contributed by atoms with Gasteiger partial charge in [-0.1, -0.05) is 6.92 Å². The summed E-state index contributed by atoms with van der Waals surface area (Å²) < 4.78 is 13.5. The molecule has 0 aliphatic carbocycles. The summed E-state index contributed by atoms with van der Waals surface area (Å²) in [5.41, 5.74) is 5.19. The van der Waals surface area contributed by atoms with E-state index in [-0.39, 0.29) is 35.5 Å². The Morgan fingerprint density at radius 1 is 1.42 bits per heavy atom. The summed E-state index contributed by atoms with van der Waals surface area (Å²) in [6.07, 6.45) is 0. The SMILES string of the molecule is CNCC(C)C(=O)Nc1cc(C(N)=O)ccc1F.Cl. The van der Waals surface area contributed by atoms with Crippen molar-refractivity contribution in [1.82, 2.24) is 5.32 Å². The van der Waals surface area contributed by atoms with Crippen molar-refractivity contribution in [3.05, 3.63) is 29.6 Å². The van der Waals surface area contributed by atoms with Crippen molar-refractivity contribution in [2.45, 2.75) is 6.92 Å². The first-order chi connectivity index (χ1) is 8.45. The molecule has 1 atom stereocenters. The summed E-state index contributed by atoms with van der Waals surface area (Å²) >= 11 is 0. The maximum absolute atomic E-state index is 13.5. The average Bonchev–Trinajstić information content (AvgIpc) is 2.31. The highest BCUT2D eigenvalue weighted by molar-refractivity contribution is 5.97. The molecule has 0 bridgehead atoms. The summed E-state index contributed by atoms with van der Waals surface area (Å²) in [7, 11) is 1.72. The smallest absolute Gasteiger partial charge is 0.248 e. The Hall–Kier alpha value is -1.66. The lowest BCUT2D eigenvalue weighted by atomic mass is 10.1. The summed E-state index contributed by atoms with van der Waals surface area (Å²) in [4.78, 5) is 22.7. The largest absolute Gasteiger partial charge is 0.366 e. The molecular formula is C12H17ClFN3O2. The van der Waals surface area contributed by atoms with Crippen molar-refractivity contribution in [2.75, 3.05) is 18.9 Å². The minimum absolute atomic E-state index is 0. The maximum atomic E-state index is 13.5. The van der Waals surface area contributed by atoms with Gasteiger partial charge in [-0.2, -0.15) is 0 Å². The fraction of sp³-hybridized carbons (Fsp3) is 0.333. The molecule has 0 heterocycles. The van der Waals surface area contributed by atoms with Crippen molar-refractivity contribution in [1.29, 1.82) is 0 Å². The van der Waals surface area contributed by atoms with Crippen LogP contribution in [0.4, 0.5) is 10.1 Å². The maximum Gasteiger partial charge on any atom is 0.248 e. The number of nitrogens with two attached hydrogens (primary N) is 1. The fourth-order valence-electron chi connectivity index (χ4n) is 1.43. The molecule has 0 aromatic heterocycles. The van der Waals surface area contributed by atoms with E-state index in [4.69, 9.17) is 5.73 Å². The summed E-state index contributed by atoms with van der Waals surface area (Å²) in [6, 6.07) is 3.59. The quantitative estimate of drug-likeness (QED) is 0.760. The summed E-state index contributed by atoms with van der Waals surface area (Å²) in [5, 5.41) is 5.28. The number of halogens is 2. The Morgan fingerprint density at radius 3 is 2.58 bits per heavy atom. The number of carbonyl (C=O) groups excluding carboxylic acids is 2. The minimum atomic E-state index is -0.672. The second-order valence-corrected chi connectivity index (χ2v) is 4.01. The first kappa shape index (κ1) is 17.3. The van der Waals surface area contributed by atoms with Gasteiger partial charge in [-0.05, 0) is 25.2 Å². The number of hydrogen-bond donors (Lipinski definition) is 3. The highest BCUT2D eigenvalue weighted by atomic mass is 35.5. The van der Waals surface area contributed by atoms with Gasteiger partial charge in [0, 0.05) is 18.0 Å². The third-order valence-corrected chi connectivity index (χ3v) is 2.47. The van der Waals surface area contributed by atoms with Crippen LogP contribution in [0.5, 0.6) is 0 Å². The molecule has 5 nitrogen and oxygen atoms in total. The van der Waals surface area contributed by atoms with Gasteiger partial charge in [0.2, 0.25) is 11.8 Å². The lowest BCUT2D eigenvalue weighted by molar-refractivity contribution is -0.119. The molecule has 0 saturated carbocycles. The molecule has 0 aliphatic rings. The number of primary amides is 1. The first-order valence-electron chi connectivity index (χ1n) is 5.50. The zero-order chi connectivity index (χ0) is 13.7. The third-order valence-electron chi connectivity index (χ3n) is 2.47. The normalized spacial score (nSPS) is 11.3. The Labute approximate surface area is 117 Å². The van der Waals surface area contributed by atoms with Gasteiger partial charge in [0.25, 0.3) is 0 Å². The lowest BCUT2D eigenvalue weighted by Crippen LogP contribution is -2.29. The van der Waals surface area contributed by atoms with E-state index in [0.717, 1.165) is 6.07 Å². The zero-order valence-corrected chi connectivity index (χ0v) is 11.5. The Bertz CT molecular complexity index is 468. The first-order valence-corrected chi connectivity index (χ1v) is 5.50. The molecule has 106 valence electrons. The predicted octanol–water partition coefficient (Wildman–Crippen LogP) is 1.14. The topological polar surface area (TPSA) is 84.2 Å². The van der Waals surface area contributed by atoms with Crippen molar-refractivity contribution in [2.24, 2.45) is 11.7 Å². The highest BCUT2D eigenvalue weighted by Gasteiger charge is 2.15. The van der Waals surface area contributed by atoms with Crippen LogP contribution in [0.25, 0.3) is 0 Å². The molecule has 4 N–H and O–H groups in total. The number of anilines is 1. The molecule has 0 fully saturated rings. The van der Waals surface area contributed by atoms with E-state index >= 15 is 0 Å². The van der Waals surface area contributed by atoms with Crippen LogP contribution in [0, 0.1) is 11.7 Å². The Morgan fingerprint density at radius 2 is 2.05 bits per heavy atom. The number of amides is 2. The van der Waals surface area contributed by atoms with Gasteiger partial charge in [0.1, 0.15) is 5.82 Å². The molecule has 1 unspecified atom stereocenters. The Kier molecular flexibility index (Phi) is 7.03. The second-order valence-electron chi connectivity index (χ2n) is 4.01. The number of nitrogens with one attached hydrogen (secondary N) is 2. The number of benzene rings is 1. The predicted molar refractivity (Wildman–Crippen MR) is 73.9 cm³/mol. The second kappa shape index (κ2) is 7.70. The van der Waals surface area contributed by atoms with Gasteiger partial charge >= 0.3 is 0 Å². The third kappa shape index (κ3) is 4.84. The summed E-state index contributed by atoms with van der Waals surface area (Å²) in [5.74, 6) is -1.92. The van der Waals surface area contributed by atoms with Crippen molar-refractivity contribution in [3.8, 4) is 0 Å². The van der Waals surface area contributed by atoms with Crippen LogP contribution in [0.3, 0.4) is 0 Å². The lowest BCUT2D eigenvalue weighted by Gasteiger charge is -2.12. The molecule has 0 spiro atoms. The molecule has 1 rings (SSSR count). The average molecular weight is 290 g/mol. The van der Waals surface area contributed by atoms with Crippen molar-refractivity contribution in [3.63, 3.8) is 0 Å². The van der Waals surface area contributed by atoms with Crippen LogP contribution in [-0.4, -0.2) is 25.4 Å². The van der Waals surface area contributed by atoms with E-state index in [9.17, 15) is 14.0 Å². The molecule has 1 aromatic carbocycles. The van der Waals surface area contributed by atoms with Crippen molar-refractivity contribution < 1.29 is 14.0 Å². The Balaban J connectivity index is 0.00000324. The van der Waals surface area contributed by atoms with Gasteiger partial charge in [0.15, 0.2) is 0 Å². The van der Waals surface area contributed by atoms with E-state index in [1.807, 2.05) is 0 Å². The molecule has 0 aliphatic heterocycles. The zero-order valence-electron chi connectivity index (χ0n) is 10.7. The van der Waals surface area contributed by atoms with Gasteiger partial charge in [-0.3, -0.25) is 9.59 Å². The summed E-state index contributed by atoms with van der Waals surface area (Å²) in [6.45, 7) is 2.19.